The number of Topliss-reactive ketones (excluding diaryl/α,β-unsaturated/α-hetero) is 1. The Bertz CT molecular complexity index is 1280. The van der Waals surface area contributed by atoms with Gasteiger partial charge in [-0.15, -0.1) is 0 Å². The van der Waals surface area contributed by atoms with Gasteiger partial charge in [0.05, 0.1) is 21.9 Å². The summed E-state index contributed by atoms with van der Waals surface area (Å²) in [6.45, 7) is 1.85. The number of benzene rings is 2. The van der Waals surface area contributed by atoms with Crippen LogP contribution in [0.4, 0.5) is 5.69 Å². The van der Waals surface area contributed by atoms with Crippen molar-refractivity contribution in [1.82, 2.24) is 13.9 Å². The van der Waals surface area contributed by atoms with Gasteiger partial charge in [-0.05, 0) is 50.1 Å². The van der Waals surface area contributed by atoms with Gasteiger partial charge < -0.3 is 9.88 Å². The summed E-state index contributed by atoms with van der Waals surface area (Å²) in [5.74, 6) is -0.676. The van der Waals surface area contributed by atoms with Gasteiger partial charge in [0.1, 0.15) is 0 Å². The Morgan fingerprint density at radius 2 is 1.88 bits per heavy atom. The highest BCUT2D eigenvalue weighted by Crippen LogP contribution is 2.27. The van der Waals surface area contributed by atoms with Crippen LogP contribution in [0.25, 0.3) is 5.69 Å². The summed E-state index contributed by atoms with van der Waals surface area (Å²) >= 11 is 6.35. The van der Waals surface area contributed by atoms with E-state index < -0.39 is 10.0 Å². The van der Waals surface area contributed by atoms with Gasteiger partial charge in [0.2, 0.25) is 15.9 Å². The van der Waals surface area contributed by atoms with Crippen LogP contribution >= 0.6 is 11.6 Å². The van der Waals surface area contributed by atoms with Crippen LogP contribution in [0.15, 0.2) is 66.1 Å². The van der Waals surface area contributed by atoms with E-state index in [0.29, 0.717) is 29.1 Å². The van der Waals surface area contributed by atoms with E-state index in [1.165, 1.54) is 23.4 Å². The topological polar surface area (TPSA) is 101 Å². The highest BCUT2D eigenvalue weighted by molar-refractivity contribution is 7.89. The number of amides is 1. The molecule has 2 heterocycles. The second kappa shape index (κ2) is 9.46. The smallest absolute Gasteiger partial charge is 0.243 e. The number of halogens is 1. The normalized spacial score (nSPS) is 15.3. The van der Waals surface area contributed by atoms with Crippen molar-refractivity contribution >= 4 is 39.0 Å². The summed E-state index contributed by atoms with van der Waals surface area (Å²) in [4.78, 5) is 28.5. The molecule has 4 rings (SSSR count). The molecule has 1 saturated heterocycles. The number of imidazole rings is 1. The van der Waals surface area contributed by atoms with Gasteiger partial charge in [-0.2, -0.15) is 4.31 Å². The number of ketones is 1. The number of aromatic nitrogens is 2. The van der Waals surface area contributed by atoms with E-state index >= 15 is 0 Å². The molecule has 1 fully saturated rings. The first-order valence-electron chi connectivity index (χ1n) is 10.5. The van der Waals surface area contributed by atoms with Gasteiger partial charge in [-0.1, -0.05) is 23.7 Å². The SMILES string of the molecule is CC(=O)c1cccc(S(=O)(=O)N2CCC(C(=O)Nc3ccc(-n4ccnc4)c(Cl)c3)CC2)c1. The third-order valence-electron chi connectivity index (χ3n) is 5.70. The lowest BCUT2D eigenvalue weighted by atomic mass is 9.97. The fourth-order valence-corrected chi connectivity index (χ4v) is 5.62. The van der Waals surface area contributed by atoms with Crippen molar-refractivity contribution in [3.8, 4) is 5.69 Å². The van der Waals surface area contributed by atoms with Gasteiger partial charge in [0.15, 0.2) is 5.78 Å². The second-order valence-electron chi connectivity index (χ2n) is 7.89. The lowest BCUT2D eigenvalue weighted by molar-refractivity contribution is -0.120. The maximum absolute atomic E-state index is 13.0. The Labute approximate surface area is 197 Å². The quantitative estimate of drug-likeness (QED) is 0.534. The van der Waals surface area contributed by atoms with Crippen LogP contribution in [0.2, 0.25) is 5.02 Å². The minimum absolute atomic E-state index is 0.0886. The van der Waals surface area contributed by atoms with Gasteiger partial charge in [0, 0.05) is 42.7 Å². The molecule has 0 aliphatic carbocycles. The third kappa shape index (κ3) is 5.00. The summed E-state index contributed by atoms with van der Waals surface area (Å²) in [5, 5.41) is 3.35. The zero-order valence-corrected chi connectivity index (χ0v) is 19.5. The minimum atomic E-state index is -3.73. The van der Waals surface area contributed by atoms with Crippen molar-refractivity contribution in [2.24, 2.45) is 5.92 Å². The van der Waals surface area contributed by atoms with E-state index in [2.05, 4.69) is 10.3 Å². The number of nitrogens with zero attached hydrogens (tertiary/aromatic N) is 3. The Morgan fingerprint density at radius 1 is 1.12 bits per heavy atom. The molecule has 0 unspecified atom stereocenters. The predicted octanol–water partition coefficient (Wildman–Crippen LogP) is 3.77. The Morgan fingerprint density at radius 3 is 2.52 bits per heavy atom. The standard InChI is InChI=1S/C23H23ClN4O4S/c1-16(29)18-3-2-4-20(13-18)33(31,32)28-10-7-17(8-11-28)23(30)26-19-5-6-22(21(24)14-19)27-12-9-25-15-27/h2-6,9,12-15,17H,7-8,10-11H2,1H3,(H,26,30). The molecule has 2 aromatic carbocycles. The molecule has 0 bridgehead atoms. The highest BCUT2D eigenvalue weighted by atomic mass is 35.5. The van der Waals surface area contributed by atoms with Crippen molar-refractivity contribution in [2.45, 2.75) is 24.7 Å². The zero-order valence-electron chi connectivity index (χ0n) is 17.9. The highest BCUT2D eigenvalue weighted by Gasteiger charge is 2.32. The zero-order chi connectivity index (χ0) is 23.6. The predicted molar refractivity (Wildman–Crippen MR) is 125 cm³/mol. The first-order valence-corrected chi connectivity index (χ1v) is 12.3. The maximum atomic E-state index is 13.0. The van der Waals surface area contributed by atoms with Crippen molar-refractivity contribution in [3.05, 3.63) is 71.8 Å². The Balaban J connectivity index is 1.39. The molecule has 1 aliphatic rings. The number of carbonyl (C=O) groups excluding carboxylic acids is 2. The fourth-order valence-electron chi connectivity index (χ4n) is 3.82. The molecule has 0 saturated carbocycles. The molecule has 1 aliphatic heterocycles. The summed E-state index contributed by atoms with van der Waals surface area (Å²) in [6, 6.07) is 11.3. The second-order valence-corrected chi connectivity index (χ2v) is 10.2. The molecule has 1 N–H and O–H groups in total. The van der Waals surface area contributed by atoms with Crippen LogP contribution in [0.3, 0.4) is 0 Å². The number of carbonyl (C=O) groups is 2. The number of nitrogens with one attached hydrogen (secondary N) is 1. The van der Waals surface area contributed by atoms with Crippen molar-refractivity contribution < 1.29 is 18.0 Å². The first kappa shape index (κ1) is 23.2. The van der Waals surface area contributed by atoms with Crippen LogP contribution < -0.4 is 5.32 Å². The molecule has 10 heteroatoms. The number of hydrogen-bond donors (Lipinski definition) is 1. The third-order valence-corrected chi connectivity index (χ3v) is 7.90. The fraction of sp³-hybridized carbons (Fsp3) is 0.261. The molecule has 0 spiro atoms. The Kier molecular flexibility index (Phi) is 6.64. The lowest BCUT2D eigenvalue weighted by Gasteiger charge is -2.30. The average molecular weight is 487 g/mol. The van der Waals surface area contributed by atoms with E-state index in [1.807, 2.05) is 0 Å². The van der Waals surface area contributed by atoms with Crippen LogP contribution in [0, 0.1) is 5.92 Å². The summed E-state index contributed by atoms with van der Waals surface area (Å²) in [5.41, 5.74) is 1.67. The maximum Gasteiger partial charge on any atom is 0.243 e. The largest absolute Gasteiger partial charge is 0.326 e. The number of anilines is 1. The van der Waals surface area contributed by atoms with Crippen molar-refractivity contribution in [2.75, 3.05) is 18.4 Å². The van der Waals surface area contributed by atoms with Crippen LogP contribution in [0.1, 0.15) is 30.1 Å². The molecule has 3 aromatic rings. The van der Waals surface area contributed by atoms with Gasteiger partial charge >= 0.3 is 0 Å². The van der Waals surface area contributed by atoms with E-state index in [9.17, 15) is 18.0 Å². The molecular weight excluding hydrogens is 464 g/mol. The minimum Gasteiger partial charge on any atom is -0.326 e. The number of piperidine rings is 1. The molecule has 8 nitrogen and oxygen atoms in total. The van der Waals surface area contributed by atoms with E-state index in [0.717, 1.165) is 5.69 Å². The number of hydrogen-bond acceptors (Lipinski definition) is 5. The van der Waals surface area contributed by atoms with Gasteiger partial charge in [-0.3, -0.25) is 9.59 Å². The number of sulfonamides is 1. The molecule has 0 atom stereocenters. The van der Waals surface area contributed by atoms with Crippen LogP contribution in [-0.2, 0) is 14.8 Å². The lowest BCUT2D eigenvalue weighted by Crippen LogP contribution is -2.41. The van der Waals surface area contributed by atoms with Gasteiger partial charge in [0.25, 0.3) is 0 Å². The van der Waals surface area contributed by atoms with E-state index in [4.69, 9.17) is 11.6 Å². The molecule has 0 radical (unpaired) electrons. The Hall–Kier alpha value is -3.01. The molecule has 172 valence electrons. The van der Waals surface area contributed by atoms with Crippen LogP contribution in [-0.4, -0.2) is 47.1 Å². The van der Waals surface area contributed by atoms with Crippen molar-refractivity contribution in [1.29, 1.82) is 0 Å². The monoisotopic (exact) mass is 486 g/mol. The van der Waals surface area contributed by atoms with E-state index in [-0.39, 0.29) is 35.6 Å². The van der Waals surface area contributed by atoms with Crippen molar-refractivity contribution in [3.63, 3.8) is 0 Å². The summed E-state index contributed by atoms with van der Waals surface area (Å²) < 4.78 is 29.1. The summed E-state index contributed by atoms with van der Waals surface area (Å²) in [7, 11) is -3.73. The molecule has 1 aromatic heterocycles. The average Bonchev–Trinajstić information content (AvgIpc) is 3.34. The summed E-state index contributed by atoms with van der Waals surface area (Å²) in [6.07, 6.45) is 5.87. The van der Waals surface area contributed by atoms with Crippen LogP contribution in [0.5, 0.6) is 0 Å². The van der Waals surface area contributed by atoms with Gasteiger partial charge in [-0.25, -0.2) is 13.4 Å². The first-order chi connectivity index (χ1) is 15.8. The molecule has 1 amide bonds. The number of rotatable bonds is 6. The molecular formula is C23H23ClN4O4S. The van der Waals surface area contributed by atoms with E-state index in [1.54, 1.807) is 53.6 Å². The molecule has 33 heavy (non-hydrogen) atoms.